The monoisotopic (exact) mass is 238 g/mol. The molecule has 0 saturated heterocycles. The number of rotatable bonds is 7. The average molecular weight is 238 g/mol. The molecule has 0 spiro atoms. The predicted octanol–water partition coefficient (Wildman–Crippen LogP) is -0.669. The lowest BCUT2D eigenvalue weighted by Crippen LogP contribution is -2.38. The molecule has 0 amide bonds. The zero-order chi connectivity index (χ0) is 12.1. The van der Waals surface area contributed by atoms with Gasteiger partial charge in [-0.2, -0.15) is 0 Å². The molecule has 0 rings (SSSR count). The third kappa shape index (κ3) is 5.71. The first-order valence-corrected chi connectivity index (χ1v) is 6.18. The van der Waals surface area contributed by atoms with Crippen molar-refractivity contribution in [3.05, 3.63) is 0 Å². The van der Waals surface area contributed by atoms with Crippen LogP contribution in [0.3, 0.4) is 0 Å². The van der Waals surface area contributed by atoms with Gasteiger partial charge >= 0.3 is 5.97 Å². The molecule has 0 aromatic carbocycles. The summed E-state index contributed by atoms with van der Waals surface area (Å²) in [7, 11) is 0.0411. The van der Waals surface area contributed by atoms with E-state index in [4.69, 9.17) is 5.11 Å². The smallest absolute Gasteiger partial charge is 0.323 e. The van der Waals surface area contributed by atoms with Gasteiger partial charge in [-0.3, -0.25) is 4.79 Å². The highest BCUT2D eigenvalue weighted by atomic mass is 32.2. The molecule has 0 aliphatic rings. The predicted molar refractivity (Wildman–Crippen MR) is 57.2 cm³/mol. The van der Waals surface area contributed by atoms with Crippen LogP contribution < -0.4 is 4.72 Å². The summed E-state index contributed by atoms with van der Waals surface area (Å²) in [4.78, 5) is 12.4. The van der Waals surface area contributed by atoms with Crippen LogP contribution >= 0.6 is 0 Å². The van der Waals surface area contributed by atoms with E-state index in [9.17, 15) is 13.2 Å². The number of nitrogens with zero attached hydrogens (tertiary/aromatic N) is 1. The Morgan fingerprint density at radius 1 is 1.47 bits per heavy atom. The van der Waals surface area contributed by atoms with Crippen LogP contribution in [-0.4, -0.2) is 56.8 Å². The van der Waals surface area contributed by atoms with Crippen molar-refractivity contribution in [3.63, 3.8) is 0 Å². The Balaban J connectivity index is 4.01. The molecule has 1 atom stereocenters. The maximum Gasteiger partial charge on any atom is 0.323 e. The van der Waals surface area contributed by atoms with E-state index in [2.05, 4.69) is 4.72 Å². The van der Waals surface area contributed by atoms with Crippen LogP contribution in [0.1, 0.15) is 13.3 Å². The lowest BCUT2D eigenvalue weighted by molar-refractivity contribution is -0.136. The SMILES string of the molecule is CC(C(=O)O)S(=O)(=O)NCCCN(C)C. The number of hydrogen-bond acceptors (Lipinski definition) is 4. The number of carboxylic acids is 1. The number of nitrogens with one attached hydrogen (secondary N) is 1. The van der Waals surface area contributed by atoms with E-state index in [0.717, 1.165) is 13.5 Å². The summed E-state index contributed by atoms with van der Waals surface area (Å²) in [5.74, 6) is -1.34. The first kappa shape index (κ1) is 14.3. The summed E-state index contributed by atoms with van der Waals surface area (Å²) in [6.45, 7) is 2.17. The van der Waals surface area contributed by atoms with Gasteiger partial charge in [0, 0.05) is 6.54 Å². The Hall–Kier alpha value is -0.660. The first-order valence-electron chi connectivity index (χ1n) is 4.63. The van der Waals surface area contributed by atoms with Crippen LogP contribution in [0, 0.1) is 0 Å². The maximum absolute atomic E-state index is 11.3. The van der Waals surface area contributed by atoms with Gasteiger partial charge in [-0.25, -0.2) is 13.1 Å². The van der Waals surface area contributed by atoms with Crippen LogP contribution in [0.15, 0.2) is 0 Å². The van der Waals surface area contributed by atoms with Crippen molar-refractivity contribution in [1.29, 1.82) is 0 Å². The molecule has 6 nitrogen and oxygen atoms in total. The number of carbonyl (C=O) groups is 1. The van der Waals surface area contributed by atoms with Gasteiger partial charge in [0.15, 0.2) is 5.25 Å². The Bertz CT molecular complexity index is 300. The van der Waals surface area contributed by atoms with Gasteiger partial charge in [-0.15, -0.1) is 0 Å². The van der Waals surface area contributed by atoms with Gasteiger partial charge in [0.2, 0.25) is 10.0 Å². The molecule has 0 heterocycles. The lowest BCUT2D eigenvalue weighted by Gasteiger charge is -2.12. The molecule has 0 radical (unpaired) electrons. The van der Waals surface area contributed by atoms with Gasteiger partial charge in [0.05, 0.1) is 0 Å². The molecule has 90 valence electrons. The third-order valence-corrected chi connectivity index (χ3v) is 3.64. The number of sulfonamides is 1. The van der Waals surface area contributed by atoms with E-state index < -0.39 is 21.2 Å². The summed E-state index contributed by atoms with van der Waals surface area (Å²) >= 11 is 0. The van der Waals surface area contributed by atoms with Crippen LogP contribution in [0.2, 0.25) is 0 Å². The molecule has 0 aliphatic heterocycles. The van der Waals surface area contributed by atoms with Gasteiger partial charge in [0.1, 0.15) is 0 Å². The molecule has 1 unspecified atom stereocenters. The summed E-state index contributed by atoms with van der Waals surface area (Å²) in [5, 5.41) is 7.13. The van der Waals surface area contributed by atoms with Crippen molar-refractivity contribution >= 4 is 16.0 Å². The Kier molecular flexibility index (Phi) is 5.77. The van der Waals surface area contributed by atoms with Crippen molar-refractivity contribution in [3.8, 4) is 0 Å². The largest absolute Gasteiger partial charge is 0.480 e. The van der Waals surface area contributed by atoms with E-state index in [1.807, 2.05) is 19.0 Å². The lowest BCUT2D eigenvalue weighted by atomic mass is 10.4. The van der Waals surface area contributed by atoms with E-state index in [1.54, 1.807) is 0 Å². The zero-order valence-corrected chi connectivity index (χ0v) is 10.0. The van der Waals surface area contributed by atoms with Crippen molar-refractivity contribution in [1.82, 2.24) is 9.62 Å². The van der Waals surface area contributed by atoms with Crippen LogP contribution in [0.25, 0.3) is 0 Å². The standard InChI is InChI=1S/C8H18N2O4S/c1-7(8(11)12)15(13,14)9-5-4-6-10(2)3/h7,9H,4-6H2,1-3H3,(H,11,12). The minimum atomic E-state index is -3.73. The molecule has 0 saturated carbocycles. The van der Waals surface area contributed by atoms with Crippen LogP contribution in [-0.2, 0) is 14.8 Å². The average Bonchev–Trinajstić information content (AvgIpc) is 2.10. The second-order valence-electron chi connectivity index (χ2n) is 3.58. The summed E-state index contributed by atoms with van der Waals surface area (Å²) in [5.41, 5.74) is 0. The van der Waals surface area contributed by atoms with Crippen LogP contribution in [0.5, 0.6) is 0 Å². The summed E-state index contributed by atoms with van der Waals surface area (Å²) < 4.78 is 24.9. The molecular weight excluding hydrogens is 220 g/mol. The van der Waals surface area contributed by atoms with Crippen molar-refractivity contribution < 1.29 is 18.3 Å². The molecule has 7 heteroatoms. The van der Waals surface area contributed by atoms with Crippen molar-refractivity contribution in [2.24, 2.45) is 0 Å². The highest BCUT2D eigenvalue weighted by Crippen LogP contribution is 1.98. The fourth-order valence-electron chi connectivity index (χ4n) is 0.867. The highest BCUT2D eigenvalue weighted by molar-refractivity contribution is 7.90. The maximum atomic E-state index is 11.3. The molecule has 0 aromatic rings. The van der Waals surface area contributed by atoms with Gasteiger partial charge in [-0.1, -0.05) is 0 Å². The minimum Gasteiger partial charge on any atom is -0.480 e. The van der Waals surface area contributed by atoms with Gasteiger partial charge in [-0.05, 0) is 34.0 Å². The van der Waals surface area contributed by atoms with Gasteiger partial charge in [0.25, 0.3) is 0 Å². The second-order valence-corrected chi connectivity index (χ2v) is 5.66. The minimum absolute atomic E-state index is 0.262. The fraction of sp³-hybridized carbons (Fsp3) is 0.875. The van der Waals surface area contributed by atoms with E-state index in [1.165, 1.54) is 0 Å². The third-order valence-electron chi connectivity index (χ3n) is 1.90. The fourth-order valence-corrected chi connectivity index (χ4v) is 1.81. The number of carboxylic acid groups (broad SMARTS) is 1. The molecule has 0 fully saturated rings. The molecular formula is C8H18N2O4S. The Morgan fingerprint density at radius 2 is 2.00 bits per heavy atom. The van der Waals surface area contributed by atoms with E-state index >= 15 is 0 Å². The summed E-state index contributed by atoms with van der Waals surface area (Å²) in [6.07, 6.45) is 0.651. The first-order chi connectivity index (χ1) is 6.77. The van der Waals surface area contributed by atoms with Crippen molar-refractivity contribution in [2.45, 2.75) is 18.6 Å². The molecule has 0 aliphatic carbocycles. The van der Waals surface area contributed by atoms with E-state index in [-0.39, 0.29) is 6.54 Å². The molecule has 0 aromatic heterocycles. The second kappa shape index (κ2) is 6.04. The van der Waals surface area contributed by atoms with Gasteiger partial charge < -0.3 is 10.0 Å². The molecule has 0 bridgehead atoms. The summed E-state index contributed by atoms with van der Waals surface area (Å²) in [6, 6.07) is 0. The van der Waals surface area contributed by atoms with Crippen LogP contribution in [0.4, 0.5) is 0 Å². The topological polar surface area (TPSA) is 86.7 Å². The molecule has 15 heavy (non-hydrogen) atoms. The van der Waals surface area contributed by atoms with Crippen molar-refractivity contribution in [2.75, 3.05) is 27.2 Å². The number of hydrogen-bond donors (Lipinski definition) is 2. The molecule has 2 N–H and O–H groups in total. The van der Waals surface area contributed by atoms with E-state index in [0.29, 0.717) is 6.42 Å². The quantitative estimate of drug-likeness (QED) is 0.574. The normalized spacial score (nSPS) is 14.1. The highest BCUT2D eigenvalue weighted by Gasteiger charge is 2.26. The number of aliphatic carboxylic acids is 1. The Labute approximate surface area is 90.3 Å². The zero-order valence-electron chi connectivity index (χ0n) is 9.23. The Morgan fingerprint density at radius 3 is 2.40 bits per heavy atom.